The van der Waals surface area contributed by atoms with Crippen molar-refractivity contribution in [2.45, 2.75) is 17.7 Å². The first kappa shape index (κ1) is 6.66. The molecule has 54 valence electrons. The summed E-state index contributed by atoms with van der Waals surface area (Å²) in [4.78, 5) is 0.688. The van der Waals surface area contributed by atoms with Crippen molar-refractivity contribution in [3.63, 3.8) is 0 Å². The van der Waals surface area contributed by atoms with E-state index in [2.05, 4.69) is 40.2 Å². The fourth-order valence-corrected chi connectivity index (χ4v) is 2.33. The zero-order chi connectivity index (χ0) is 6.97. The molecular formula is C9H11Br. The highest BCUT2D eigenvalue weighted by atomic mass is 79.9. The Labute approximate surface area is 70.1 Å². The number of halogens is 1. The molecule has 0 spiro atoms. The number of hydrogen-bond donors (Lipinski definition) is 0. The van der Waals surface area contributed by atoms with E-state index >= 15 is 0 Å². The first-order chi connectivity index (χ1) is 4.86. The SMILES string of the molecule is Br[C@@H]1CC=C[C@@H]2C=C[C@H]1C2. The molecule has 0 unspecified atom stereocenters. The largest absolute Gasteiger partial charge is 0.0881 e. The molecule has 0 radical (unpaired) electrons. The van der Waals surface area contributed by atoms with Gasteiger partial charge in [-0.3, -0.25) is 0 Å². The van der Waals surface area contributed by atoms with Crippen molar-refractivity contribution in [1.82, 2.24) is 0 Å². The Bertz CT molecular complexity index is 181. The first-order valence-corrected chi connectivity index (χ1v) is 4.77. The van der Waals surface area contributed by atoms with Crippen LogP contribution in [-0.2, 0) is 0 Å². The molecule has 0 heterocycles. The molecule has 2 bridgehead atoms. The van der Waals surface area contributed by atoms with Crippen LogP contribution in [0.25, 0.3) is 0 Å². The second-order valence-corrected chi connectivity index (χ2v) is 4.30. The first-order valence-electron chi connectivity index (χ1n) is 3.85. The van der Waals surface area contributed by atoms with Crippen molar-refractivity contribution in [2.75, 3.05) is 0 Å². The van der Waals surface area contributed by atoms with Gasteiger partial charge in [-0.05, 0) is 24.7 Å². The van der Waals surface area contributed by atoms with E-state index < -0.39 is 0 Å². The van der Waals surface area contributed by atoms with Gasteiger partial charge in [0.25, 0.3) is 0 Å². The lowest BCUT2D eigenvalue weighted by atomic mass is 10.0. The predicted molar refractivity (Wildman–Crippen MR) is 47.2 cm³/mol. The molecule has 0 aromatic heterocycles. The highest BCUT2D eigenvalue weighted by molar-refractivity contribution is 9.09. The van der Waals surface area contributed by atoms with Crippen molar-refractivity contribution in [3.8, 4) is 0 Å². The number of fused-ring (bicyclic) bond motifs is 2. The molecule has 10 heavy (non-hydrogen) atoms. The molecule has 1 heteroatoms. The van der Waals surface area contributed by atoms with Crippen LogP contribution in [0.1, 0.15) is 12.8 Å². The Morgan fingerprint density at radius 2 is 2.10 bits per heavy atom. The third kappa shape index (κ3) is 1.07. The third-order valence-corrected chi connectivity index (χ3v) is 3.41. The van der Waals surface area contributed by atoms with E-state index in [1.54, 1.807) is 0 Å². The average molecular weight is 199 g/mol. The predicted octanol–water partition coefficient (Wildman–Crippen LogP) is 2.90. The lowest BCUT2D eigenvalue weighted by Gasteiger charge is -2.11. The summed E-state index contributed by atoms with van der Waals surface area (Å²) >= 11 is 3.69. The van der Waals surface area contributed by atoms with E-state index in [1.807, 2.05) is 0 Å². The fraction of sp³-hybridized carbons (Fsp3) is 0.556. The summed E-state index contributed by atoms with van der Waals surface area (Å²) in [7, 11) is 0. The van der Waals surface area contributed by atoms with E-state index in [1.165, 1.54) is 12.8 Å². The molecular weight excluding hydrogens is 188 g/mol. The topological polar surface area (TPSA) is 0 Å². The summed E-state index contributed by atoms with van der Waals surface area (Å²) in [6.07, 6.45) is 11.8. The normalized spacial score (nSPS) is 43.9. The maximum absolute atomic E-state index is 3.69. The van der Waals surface area contributed by atoms with Gasteiger partial charge in [0.05, 0.1) is 0 Å². The van der Waals surface area contributed by atoms with Gasteiger partial charge in [0.1, 0.15) is 0 Å². The minimum atomic E-state index is 0.688. The maximum Gasteiger partial charge on any atom is 0.0243 e. The van der Waals surface area contributed by atoms with Crippen molar-refractivity contribution in [1.29, 1.82) is 0 Å². The van der Waals surface area contributed by atoms with E-state index in [9.17, 15) is 0 Å². The molecule has 0 fully saturated rings. The standard InChI is InChI=1S/C9H11Br/c10-9-3-1-2-7-4-5-8(9)6-7/h1-2,4-5,7-9H,3,6H2/t7-,8+,9-/m1/s1. The molecule has 0 aromatic rings. The summed E-state index contributed by atoms with van der Waals surface area (Å²) in [6.45, 7) is 0. The summed E-state index contributed by atoms with van der Waals surface area (Å²) in [6, 6.07) is 0. The Balaban J connectivity index is 2.21. The van der Waals surface area contributed by atoms with Gasteiger partial charge in [-0.15, -0.1) is 0 Å². The molecule has 0 saturated carbocycles. The van der Waals surface area contributed by atoms with Crippen LogP contribution < -0.4 is 0 Å². The lowest BCUT2D eigenvalue weighted by molar-refractivity contribution is 0.580. The highest BCUT2D eigenvalue weighted by Gasteiger charge is 2.24. The average Bonchev–Trinajstić information content (AvgIpc) is 2.27. The summed E-state index contributed by atoms with van der Waals surface area (Å²) in [5.41, 5.74) is 0. The van der Waals surface area contributed by atoms with Crippen LogP contribution in [0.15, 0.2) is 24.3 Å². The number of alkyl halides is 1. The van der Waals surface area contributed by atoms with Crippen LogP contribution in [0.3, 0.4) is 0 Å². The van der Waals surface area contributed by atoms with E-state index in [-0.39, 0.29) is 0 Å². The van der Waals surface area contributed by atoms with Gasteiger partial charge in [0.15, 0.2) is 0 Å². The Hall–Kier alpha value is -0.0400. The Morgan fingerprint density at radius 1 is 1.20 bits per heavy atom. The van der Waals surface area contributed by atoms with Gasteiger partial charge in [-0.1, -0.05) is 40.2 Å². The van der Waals surface area contributed by atoms with Crippen LogP contribution in [0.2, 0.25) is 0 Å². The second-order valence-electron chi connectivity index (χ2n) is 3.13. The van der Waals surface area contributed by atoms with Gasteiger partial charge < -0.3 is 0 Å². The molecule has 2 aliphatic carbocycles. The van der Waals surface area contributed by atoms with Gasteiger partial charge >= 0.3 is 0 Å². The molecule has 0 aliphatic heterocycles. The molecule has 0 saturated heterocycles. The lowest BCUT2D eigenvalue weighted by Crippen LogP contribution is -2.07. The highest BCUT2D eigenvalue weighted by Crippen LogP contribution is 2.34. The number of allylic oxidation sites excluding steroid dienone is 4. The minimum Gasteiger partial charge on any atom is -0.0881 e. The fourth-order valence-electron chi connectivity index (χ4n) is 1.73. The van der Waals surface area contributed by atoms with Gasteiger partial charge in [0, 0.05) is 4.83 Å². The van der Waals surface area contributed by atoms with Gasteiger partial charge in [-0.25, -0.2) is 0 Å². The number of hydrogen-bond acceptors (Lipinski definition) is 0. The van der Waals surface area contributed by atoms with Crippen molar-refractivity contribution >= 4 is 15.9 Å². The third-order valence-electron chi connectivity index (χ3n) is 2.36. The Morgan fingerprint density at radius 3 is 3.00 bits per heavy atom. The van der Waals surface area contributed by atoms with Gasteiger partial charge in [0.2, 0.25) is 0 Å². The van der Waals surface area contributed by atoms with Crippen LogP contribution >= 0.6 is 15.9 Å². The smallest absolute Gasteiger partial charge is 0.0243 e. The summed E-state index contributed by atoms with van der Waals surface area (Å²) < 4.78 is 0. The summed E-state index contributed by atoms with van der Waals surface area (Å²) in [5, 5.41) is 0. The van der Waals surface area contributed by atoms with Crippen LogP contribution in [0.5, 0.6) is 0 Å². The quantitative estimate of drug-likeness (QED) is 0.415. The molecule has 3 atom stereocenters. The minimum absolute atomic E-state index is 0.688. The van der Waals surface area contributed by atoms with E-state index in [0.717, 1.165) is 11.8 Å². The van der Waals surface area contributed by atoms with Gasteiger partial charge in [-0.2, -0.15) is 0 Å². The Kier molecular flexibility index (Phi) is 1.69. The second kappa shape index (κ2) is 2.54. The molecule has 0 aromatic carbocycles. The van der Waals surface area contributed by atoms with Crippen molar-refractivity contribution < 1.29 is 0 Å². The molecule has 0 amide bonds. The monoisotopic (exact) mass is 198 g/mol. The summed E-state index contributed by atoms with van der Waals surface area (Å²) in [5.74, 6) is 1.53. The van der Waals surface area contributed by atoms with Crippen LogP contribution in [0.4, 0.5) is 0 Å². The number of rotatable bonds is 0. The molecule has 2 rings (SSSR count). The molecule has 0 N–H and O–H groups in total. The molecule has 0 nitrogen and oxygen atoms in total. The van der Waals surface area contributed by atoms with Crippen molar-refractivity contribution in [2.24, 2.45) is 11.8 Å². The van der Waals surface area contributed by atoms with E-state index in [0.29, 0.717) is 4.83 Å². The van der Waals surface area contributed by atoms with Crippen LogP contribution in [-0.4, -0.2) is 4.83 Å². The molecule has 2 aliphatic rings. The van der Waals surface area contributed by atoms with Crippen molar-refractivity contribution in [3.05, 3.63) is 24.3 Å². The maximum atomic E-state index is 3.69. The van der Waals surface area contributed by atoms with E-state index in [4.69, 9.17) is 0 Å². The zero-order valence-electron chi connectivity index (χ0n) is 5.83. The van der Waals surface area contributed by atoms with Crippen LogP contribution in [0, 0.1) is 11.8 Å². The zero-order valence-corrected chi connectivity index (χ0v) is 7.42.